The highest BCUT2D eigenvalue weighted by atomic mass is 32.2. The smallest absolute Gasteiger partial charge is 0.243 e. The molecule has 36 heavy (non-hydrogen) atoms. The molecule has 2 aliphatic heterocycles. The molecule has 1 fully saturated rings. The molecule has 1 saturated heterocycles. The van der Waals surface area contributed by atoms with Gasteiger partial charge in [-0.15, -0.1) is 0 Å². The number of fused-ring (bicyclic) bond motifs is 1. The Bertz CT molecular complexity index is 1320. The van der Waals surface area contributed by atoms with E-state index in [9.17, 15) is 8.42 Å². The highest BCUT2D eigenvalue weighted by Crippen LogP contribution is 2.40. The van der Waals surface area contributed by atoms with Crippen LogP contribution in [0.2, 0.25) is 0 Å². The molecule has 0 radical (unpaired) electrons. The highest BCUT2D eigenvalue weighted by Gasteiger charge is 2.30. The normalized spacial score (nSPS) is 18.2. The minimum Gasteiger partial charge on any atom is -0.497 e. The zero-order valence-electron chi connectivity index (χ0n) is 20.6. The topological polar surface area (TPSA) is 74.3 Å². The second kappa shape index (κ2) is 10.5. The van der Waals surface area contributed by atoms with Gasteiger partial charge in [0, 0.05) is 31.2 Å². The van der Waals surface area contributed by atoms with Crippen LogP contribution in [0, 0.1) is 12.8 Å². The molecule has 0 bridgehead atoms. The van der Waals surface area contributed by atoms with Gasteiger partial charge in [-0.25, -0.2) is 8.42 Å². The van der Waals surface area contributed by atoms with Crippen molar-refractivity contribution in [1.29, 1.82) is 0 Å². The summed E-state index contributed by atoms with van der Waals surface area (Å²) in [6.07, 6.45) is 0.967. The fraction of sp³-hybridized carbons (Fsp3) is 0.357. The van der Waals surface area contributed by atoms with Crippen molar-refractivity contribution in [3.8, 4) is 28.4 Å². The van der Waals surface area contributed by atoms with Gasteiger partial charge in [0.25, 0.3) is 0 Å². The number of ether oxygens (including phenoxy) is 4. The van der Waals surface area contributed by atoms with Crippen LogP contribution in [0.5, 0.6) is 17.2 Å². The fourth-order valence-electron chi connectivity index (χ4n) is 4.64. The highest BCUT2D eigenvalue weighted by molar-refractivity contribution is 7.89. The summed E-state index contributed by atoms with van der Waals surface area (Å²) in [7, 11) is -2.18. The summed E-state index contributed by atoms with van der Waals surface area (Å²) in [4.78, 5) is 0.222. The first kappa shape index (κ1) is 24.6. The molecule has 5 rings (SSSR count). The van der Waals surface area contributed by atoms with Gasteiger partial charge in [-0.2, -0.15) is 4.31 Å². The van der Waals surface area contributed by atoms with E-state index >= 15 is 0 Å². The van der Waals surface area contributed by atoms with Gasteiger partial charge in [0.05, 0.1) is 25.2 Å². The first-order chi connectivity index (χ1) is 17.5. The Morgan fingerprint density at radius 1 is 1.06 bits per heavy atom. The Kier molecular flexibility index (Phi) is 7.18. The number of aryl methyl sites for hydroxylation is 1. The largest absolute Gasteiger partial charge is 0.497 e. The Balaban J connectivity index is 1.51. The van der Waals surface area contributed by atoms with E-state index < -0.39 is 10.0 Å². The van der Waals surface area contributed by atoms with Gasteiger partial charge < -0.3 is 18.9 Å². The number of hydrogen-bond donors (Lipinski definition) is 0. The Morgan fingerprint density at radius 2 is 1.86 bits per heavy atom. The molecule has 3 aromatic carbocycles. The number of nitrogens with zero attached hydrogens (tertiary/aromatic N) is 1. The lowest BCUT2D eigenvalue weighted by Gasteiger charge is -2.21. The standard InChI is InChI=1S/C28H31NO6S/c1-20-5-3-4-6-26(20)22-15-23-17-29(36(30,31)25-9-7-24(32-2)8-10-25)12-14-34-28(23)27(16-22)35-19-21-11-13-33-18-21/h3-10,15-16,21H,11-14,17-19H2,1-2H3/t21-/m1/s1. The van der Waals surface area contributed by atoms with Crippen molar-refractivity contribution in [2.75, 3.05) is 40.1 Å². The van der Waals surface area contributed by atoms with Crippen molar-refractivity contribution >= 4 is 10.0 Å². The fourth-order valence-corrected chi connectivity index (χ4v) is 6.05. The molecule has 0 aromatic heterocycles. The van der Waals surface area contributed by atoms with Crippen LogP contribution in [0.4, 0.5) is 0 Å². The molecule has 190 valence electrons. The van der Waals surface area contributed by atoms with Crippen molar-refractivity contribution in [2.24, 2.45) is 5.92 Å². The third kappa shape index (κ3) is 5.07. The summed E-state index contributed by atoms with van der Waals surface area (Å²) in [5.41, 5.74) is 3.95. The summed E-state index contributed by atoms with van der Waals surface area (Å²) >= 11 is 0. The second-order valence-electron chi connectivity index (χ2n) is 9.18. The number of rotatable bonds is 7. The molecule has 2 aliphatic rings. The van der Waals surface area contributed by atoms with Crippen LogP contribution >= 0.6 is 0 Å². The van der Waals surface area contributed by atoms with Crippen molar-refractivity contribution in [3.05, 3.63) is 71.8 Å². The quantitative estimate of drug-likeness (QED) is 0.461. The summed E-state index contributed by atoms with van der Waals surface area (Å²) in [6, 6.07) is 18.6. The summed E-state index contributed by atoms with van der Waals surface area (Å²) in [6.45, 7) is 4.69. The van der Waals surface area contributed by atoms with Crippen LogP contribution in [0.25, 0.3) is 11.1 Å². The van der Waals surface area contributed by atoms with E-state index in [1.165, 1.54) is 4.31 Å². The number of benzene rings is 3. The van der Waals surface area contributed by atoms with E-state index in [0.717, 1.165) is 35.3 Å². The van der Waals surface area contributed by atoms with Crippen molar-refractivity contribution in [1.82, 2.24) is 4.31 Å². The lowest BCUT2D eigenvalue weighted by molar-refractivity contribution is 0.165. The van der Waals surface area contributed by atoms with Crippen LogP contribution in [0.1, 0.15) is 17.5 Å². The minimum atomic E-state index is -3.74. The van der Waals surface area contributed by atoms with E-state index in [1.54, 1.807) is 31.4 Å². The maximum atomic E-state index is 13.5. The predicted molar refractivity (Wildman–Crippen MR) is 137 cm³/mol. The van der Waals surface area contributed by atoms with E-state index in [-0.39, 0.29) is 24.6 Å². The van der Waals surface area contributed by atoms with Gasteiger partial charge >= 0.3 is 0 Å². The molecular weight excluding hydrogens is 478 g/mol. The molecular formula is C28H31NO6S. The molecule has 0 aliphatic carbocycles. The second-order valence-corrected chi connectivity index (χ2v) is 11.1. The summed E-state index contributed by atoms with van der Waals surface area (Å²) in [5, 5.41) is 0. The lowest BCUT2D eigenvalue weighted by Crippen LogP contribution is -2.32. The van der Waals surface area contributed by atoms with Gasteiger partial charge in [-0.3, -0.25) is 0 Å². The van der Waals surface area contributed by atoms with Gasteiger partial charge in [0.2, 0.25) is 10.0 Å². The molecule has 3 aromatic rings. The van der Waals surface area contributed by atoms with Crippen LogP contribution in [-0.4, -0.2) is 52.8 Å². The molecule has 0 spiro atoms. The van der Waals surface area contributed by atoms with Crippen molar-refractivity contribution in [2.45, 2.75) is 24.8 Å². The van der Waals surface area contributed by atoms with E-state index in [4.69, 9.17) is 18.9 Å². The molecule has 1 atom stereocenters. The Hall–Kier alpha value is -3.07. The SMILES string of the molecule is COc1ccc(S(=O)(=O)N2CCOc3c(cc(-c4ccccc4C)cc3OC[C@@H]3CCOC3)C2)cc1. The predicted octanol–water partition coefficient (Wildman–Crippen LogP) is 4.67. The zero-order valence-corrected chi connectivity index (χ0v) is 21.4. The molecule has 0 saturated carbocycles. The molecule has 7 nitrogen and oxygen atoms in total. The minimum absolute atomic E-state index is 0.187. The van der Waals surface area contributed by atoms with Crippen LogP contribution in [-0.2, 0) is 21.3 Å². The van der Waals surface area contributed by atoms with Gasteiger partial charge in [0.1, 0.15) is 12.4 Å². The van der Waals surface area contributed by atoms with E-state index in [2.05, 4.69) is 19.1 Å². The van der Waals surface area contributed by atoms with Gasteiger partial charge in [0.15, 0.2) is 11.5 Å². The van der Waals surface area contributed by atoms with Crippen LogP contribution < -0.4 is 14.2 Å². The zero-order chi connectivity index (χ0) is 25.1. The average Bonchev–Trinajstić information content (AvgIpc) is 3.32. The van der Waals surface area contributed by atoms with Gasteiger partial charge in [-0.05, 0) is 66.4 Å². The van der Waals surface area contributed by atoms with E-state index in [0.29, 0.717) is 36.4 Å². The molecule has 0 N–H and O–H groups in total. The van der Waals surface area contributed by atoms with Crippen molar-refractivity contribution in [3.63, 3.8) is 0 Å². The third-order valence-corrected chi connectivity index (χ3v) is 8.58. The molecule has 2 heterocycles. The molecule has 0 unspecified atom stereocenters. The number of hydrogen-bond acceptors (Lipinski definition) is 6. The van der Waals surface area contributed by atoms with E-state index in [1.807, 2.05) is 24.3 Å². The molecule has 0 amide bonds. The van der Waals surface area contributed by atoms with Crippen LogP contribution in [0.15, 0.2) is 65.6 Å². The Labute approximate surface area is 212 Å². The van der Waals surface area contributed by atoms with Crippen LogP contribution in [0.3, 0.4) is 0 Å². The number of sulfonamides is 1. The monoisotopic (exact) mass is 509 g/mol. The maximum Gasteiger partial charge on any atom is 0.243 e. The maximum absolute atomic E-state index is 13.5. The Morgan fingerprint density at radius 3 is 2.58 bits per heavy atom. The summed E-state index contributed by atoms with van der Waals surface area (Å²) < 4.78 is 51.6. The third-order valence-electron chi connectivity index (χ3n) is 6.72. The molecule has 8 heteroatoms. The first-order valence-corrected chi connectivity index (χ1v) is 13.6. The lowest BCUT2D eigenvalue weighted by atomic mass is 9.98. The van der Waals surface area contributed by atoms with Crippen molar-refractivity contribution < 1.29 is 27.4 Å². The van der Waals surface area contributed by atoms with Gasteiger partial charge in [-0.1, -0.05) is 24.3 Å². The first-order valence-electron chi connectivity index (χ1n) is 12.2. The average molecular weight is 510 g/mol. The number of methoxy groups -OCH3 is 1. The summed E-state index contributed by atoms with van der Waals surface area (Å²) in [5.74, 6) is 2.19.